The van der Waals surface area contributed by atoms with Crippen molar-refractivity contribution in [1.82, 2.24) is 0 Å². The van der Waals surface area contributed by atoms with Crippen LogP contribution < -0.4 is 5.19 Å². The van der Waals surface area contributed by atoms with Crippen LogP contribution in [-0.4, -0.2) is 8.07 Å². The maximum Gasteiger partial charge on any atom is 0.0782 e. The van der Waals surface area contributed by atoms with Crippen molar-refractivity contribution >= 4 is 29.2 Å². The predicted molar refractivity (Wildman–Crippen MR) is 66.6 cm³/mol. The van der Waals surface area contributed by atoms with Gasteiger partial charge in [-0.3, -0.25) is 0 Å². The van der Waals surface area contributed by atoms with Gasteiger partial charge in [-0.05, 0) is 26.0 Å². The molecular formula is C11H17BrSi. The van der Waals surface area contributed by atoms with Gasteiger partial charge in [0.05, 0.1) is 8.07 Å². The van der Waals surface area contributed by atoms with Crippen LogP contribution in [0.15, 0.2) is 16.6 Å². The summed E-state index contributed by atoms with van der Waals surface area (Å²) in [5, 5.41) is 1.61. The zero-order chi connectivity index (χ0) is 10.2. The number of hydrogen-bond donors (Lipinski definition) is 0. The first-order chi connectivity index (χ1) is 5.82. The van der Waals surface area contributed by atoms with Crippen molar-refractivity contribution in [2.45, 2.75) is 33.5 Å². The van der Waals surface area contributed by atoms with Crippen molar-refractivity contribution in [2.24, 2.45) is 0 Å². The third-order valence-electron chi connectivity index (χ3n) is 2.25. The molecule has 0 aliphatic heterocycles. The van der Waals surface area contributed by atoms with Crippen LogP contribution in [-0.2, 0) is 0 Å². The van der Waals surface area contributed by atoms with Gasteiger partial charge in [-0.25, -0.2) is 0 Å². The van der Waals surface area contributed by atoms with E-state index in [1.807, 2.05) is 0 Å². The summed E-state index contributed by atoms with van der Waals surface area (Å²) in [6.45, 7) is 11.6. The normalized spacial score (nSPS) is 11.8. The fraction of sp³-hybridized carbons (Fsp3) is 0.455. The maximum absolute atomic E-state index is 3.53. The topological polar surface area (TPSA) is 0 Å². The van der Waals surface area contributed by atoms with Gasteiger partial charge >= 0.3 is 0 Å². The SMILES string of the molecule is Cc1cc(Br)cc(C)c1[Si](C)(C)C. The smallest absolute Gasteiger partial charge is 0.0656 e. The predicted octanol–water partition coefficient (Wildman–Crippen LogP) is 3.61. The molecule has 2 heteroatoms. The van der Waals surface area contributed by atoms with Crippen molar-refractivity contribution in [3.63, 3.8) is 0 Å². The summed E-state index contributed by atoms with van der Waals surface area (Å²) < 4.78 is 1.20. The van der Waals surface area contributed by atoms with Crippen molar-refractivity contribution in [3.8, 4) is 0 Å². The highest BCUT2D eigenvalue weighted by atomic mass is 79.9. The molecule has 0 bridgehead atoms. The fourth-order valence-electron chi connectivity index (χ4n) is 2.09. The van der Waals surface area contributed by atoms with Gasteiger partial charge in [0.15, 0.2) is 0 Å². The molecule has 0 unspecified atom stereocenters. The van der Waals surface area contributed by atoms with Gasteiger partial charge in [0.25, 0.3) is 0 Å². The standard InChI is InChI=1S/C11H17BrSi/c1-8-6-10(12)7-9(2)11(8)13(3,4)5/h6-7H,1-5H3. The van der Waals surface area contributed by atoms with Gasteiger partial charge in [0.1, 0.15) is 0 Å². The zero-order valence-corrected chi connectivity index (χ0v) is 11.6. The monoisotopic (exact) mass is 256 g/mol. The molecule has 0 atom stereocenters. The average molecular weight is 257 g/mol. The molecule has 0 heterocycles. The molecule has 0 aliphatic rings. The lowest BCUT2D eigenvalue weighted by Crippen LogP contribution is -2.41. The molecule has 1 aromatic rings. The van der Waals surface area contributed by atoms with Gasteiger partial charge in [0, 0.05) is 4.47 Å². The van der Waals surface area contributed by atoms with Gasteiger partial charge in [-0.2, -0.15) is 0 Å². The Kier molecular flexibility index (Phi) is 3.03. The van der Waals surface area contributed by atoms with E-state index in [0.29, 0.717) is 0 Å². The highest BCUT2D eigenvalue weighted by molar-refractivity contribution is 9.10. The summed E-state index contributed by atoms with van der Waals surface area (Å²) >= 11 is 3.53. The van der Waals surface area contributed by atoms with Crippen LogP contribution in [0.4, 0.5) is 0 Å². The van der Waals surface area contributed by atoms with Crippen LogP contribution in [0.5, 0.6) is 0 Å². The number of hydrogen-bond acceptors (Lipinski definition) is 0. The van der Waals surface area contributed by atoms with E-state index in [1.165, 1.54) is 15.6 Å². The van der Waals surface area contributed by atoms with Crippen LogP contribution >= 0.6 is 15.9 Å². The number of benzene rings is 1. The first-order valence-corrected chi connectivity index (χ1v) is 8.89. The first-order valence-electron chi connectivity index (χ1n) is 4.59. The van der Waals surface area contributed by atoms with E-state index in [1.54, 1.807) is 5.19 Å². The Hall–Kier alpha value is -0.0831. The quantitative estimate of drug-likeness (QED) is 0.674. The minimum absolute atomic E-state index is 1.17. The largest absolute Gasteiger partial charge is 0.0782 e. The Labute approximate surface area is 90.5 Å². The van der Waals surface area contributed by atoms with Crippen LogP contribution in [0.25, 0.3) is 0 Å². The van der Waals surface area contributed by atoms with E-state index in [2.05, 4.69) is 61.6 Å². The van der Waals surface area contributed by atoms with Crippen LogP contribution in [0.3, 0.4) is 0 Å². The average Bonchev–Trinajstić information content (AvgIpc) is 1.78. The first kappa shape index (κ1) is 11.0. The second kappa shape index (κ2) is 3.58. The van der Waals surface area contributed by atoms with Gasteiger partial charge < -0.3 is 0 Å². The second-order valence-corrected chi connectivity index (χ2v) is 10.6. The number of aryl methyl sites for hydroxylation is 2. The van der Waals surface area contributed by atoms with E-state index in [0.717, 1.165) is 0 Å². The third kappa shape index (κ3) is 2.44. The van der Waals surface area contributed by atoms with E-state index in [-0.39, 0.29) is 0 Å². The second-order valence-electron chi connectivity index (χ2n) is 4.66. The minimum atomic E-state index is -1.17. The van der Waals surface area contributed by atoms with Crippen LogP contribution in [0, 0.1) is 13.8 Å². The molecular weight excluding hydrogens is 240 g/mol. The summed E-state index contributed by atoms with van der Waals surface area (Å²) in [4.78, 5) is 0. The molecule has 0 radical (unpaired) electrons. The number of halogens is 1. The summed E-state index contributed by atoms with van der Waals surface area (Å²) in [6.07, 6.45) is 0. The lowest BCUT2D eigenvalue weighted by atomic mass is 10.2. The molecule has 1 rings (SSSR count). The van der Waals surface area contributed by atoms with Crippen LogP contribution in [0.2, 0.25) is 19.6 Å². The summed E-state index contributed by atoms with van der Waals surface area (Å²) in [5.74, 6) is 0. The molecule has 0 fully saturated rings. The molecule has 0 nitrogen and oxygen atoms in total. The molecule has 0 amide bonds. The van der Waals surface area contributed by atoms with E-state index < -0.39 is 8.07 Å². The fourth-order valence-corrected chi connectivity index (χ4v) is 5.29. The van der Waals surface area contributed by atoms with Gasteiger partial charge in [-0.1, -0.05) is 51.9 Å². The summed E-state index contributed by atoms with van der Waals surface area (Å²) in [7, 11) is -1.17. The van der Waals surface area contributed by atoms with E-state index in [9.17, 15) is 0 Å². The van der Waals surface area contributed by atoms with E-state index in [4.69, 9.17) is 0 Å². The van der Waals surface area contributed by atoms with Crippen molar-refractivity contribution < 1.29 is 0 Å². The van der Waals surface area contributed by atoms with Crippen molar-refractivity contribution in [3.05, 3.63) is 27.7 Å². The third-order valence-corrected chi connectivity index (χ3v) is 4.99. The number of rotatable bonds is 1. The molecule has 13 heavy (non-hydrogen) atoms. The van der Waals surface area contributed by atoms with Crippen LogP contribution in [0.1, 0.15) is 11.1 Å². The Bertz CT molecular complexity index is 300. The van der Waals surface area contributed by atoms with Gasteiger partial charge in [0.2, 0.25) is 0 Å². The summed E-state index contributed by atoms with van der Waals surface area (Å²) in [6, 6.07) is 4.45. The Balaban J connectivity index is 3.38. The molecule has 0 saturated heterocycles. The summed E-state index contributed by atoms with van der Waals surface area (Å²) in [5.41, 5.74) is 2.87. The molecule has 0 aliphatic carbocycles. The zero-order valence-electron chi connectivity index (χ0n) is 9.03. The lowest BCUT2D eigenvalue weighted by molar-refractivity contribution is 1.39. The molecule has 0 spiro atoms. The molecule has 1 aromatic carbocycles. The molecule has 72 valence electrons. The van der Waals surface area contributed by atoms with Crippen molar-refractivity contribution in [2.75, 3.05) is 0 Å². The molecule has 0 N–H and O–H groups in total. The molecule has 0 aromatic heterocycles. The minimum Gasteiger partial charge on any atom is -0.0656 e. The Morgan fingerprint density at radius 2 is 1.38 bits per heavy atom. The maximum atomic E-state index is 3.53. The highest BCUT2D eigenvalue weighted by Gasteiger charge is 2.20. The highest BCUT2D eigenvalue weighted by Crippen LogP contribution is 2.17. The Morgan fingerprint density at radius 1 is 1.00 bits per heavy atom. The van der Waals surface area contributed by atoms with Crippen molar-refractivity contribution in [1.29, 1.82) is 0 Å². The lowest BCUT2D eigenvalue weighted by Gasteiger charge is -2.22. The van der Waals surface area contributed by atoms with Gasteiger partial charge in [-0.15, -0.1) is 0 Å². The van der Waals surface area contributed by atoms with E-state index >= 15 is 0 Å². The molecule has 0 saturated carbocycles. The Morgan fingerprint density at radius 3 is 1.69 bits per heavy atom.